The van der Waals surface area contributed by atoms with Gasteiger partial charge >= 0.3 is 0 Å². The molecule has 0 aliphatic carbocycles. The van der Waals surface area contributed by atoms with Crippen molar-refractivity contribution < 1.29 is 4.79 Å². The Hall–Kier alpha value is -1.35. The minimum Gasteiger partial charge on any atom is -0.335 e. The van der Waals surface area contributed by atoms with Crippen LogP contribution in [0, 0.1) is 12.8 Å². The summed E-state index contributed by atoms with van der Waals surface area (Å²) in [7, 11) is 0. The molecule has 2 unspecified atom stereocenters. The summed E-state index contributed by atoms with van der Waals surface area (Å²) in [6.07, 6.45) is 2.87. The molecule has 3 rings (SSSR count). The number of aryl methyl sites for hydroxylation is 1. The Bertz CT molecular complexity index is 454. The van der Waals surface area contributed by atoms with Crippen LogP contribution in [0.2, 0.25) is 0 Å². The lowest BCUT2D eigenvalue weighted by atomic mass is 9.84. The van der Waals surface area contributed by atoms with Crippen LogP contribution < -0.4 is 5.32 Å². The largest absolute Gasteiger partial charge is 0.335 e. The Labute approximate surface area is 115 Å². The average molecular weight is 258 g/mol. The molecule has 0 radical (unpaired) electrons. The zero-order valence-corrected chi connectivity index (χ0v) is 11.6. The third kappa shape index (κ3) is 2.66. The Morgan fingerprint density at radius 1 is 1.26 bits per heavy atom. The smallest absolute Gasteiger partial charge is 0.223 e. The summed E-state index contributed by atoms with van der Waals surface area (Å²) in [5.74, 6) is 0.987. The number of piperidine rings is 2. The maximum atomic E-state index is 12.2. The van der Waals surface area contributed by atoms with Crippen LogP contribution >= 0.6 is 0 Å². The van der Waals surface area contributed by atoms with Crippen molar-refractivity contribution in [3.63, 3.8) is 0 Å². The summed E-state index contributed by atoms with van der Waals surface area (Å²) in [5.41, 5.74) is 2.52. The van der Waals surface area contributed by atoms with E-state index < -0.39 is 0 Å². The van der Waals surface area contributed by atoms with Gasteiger partial charge in [-0.15, -0.1) is 0 Å². The number of nitrogens with one attached hydrogen (secondary N) is 1. The van der Waals surface area contributed by atoms with Gasteiger partial charge in [-0.25, -0.2) is 0 Å². The molecule has 1 amide bonds. The van der Waals surface area contributed by atoms with E-state index in [0.717, 1.165) is 32.5 Å². The quantitative estimate of drug-likeness (QED) is 0.881. The van der Waals surface area contributed by atoms with E-state index in [9.17, 15) is 4.79 Å². The van der Waals surface area contributed by atoms with Crippen LogP contribution in [0.25, 0.3) is 0 Å². The number of carbonyl (C=O) groups excluding carboxylic acids is 1. The second kappa shape index (κ2) is 5.33. The van der Waals surface area contributed by atoms with Crippen molar-refractivity contribution in [1.82, 2.24) is 10.2 Å². The van der Waals surface area contributed by atoms with E-state index in [-0.39, 0.29) is 0 Å². The second-order valence-electron chi connectivity index (χ2n) is 5.87. The Morgan fingerprint density at radius 3 is 2.84 bits per heavy atom. The van der Waals surface area contributed by atoms with Gasteiger partial charge in [-0.1, -0.05) is 29.8 Å². The first-order chi connectivity index (χ1) is 9.24. The highest BCUT2D eigenvalue weighted by Gasteiger charge is 2.36. The summed E-state index contributed by atoms with van der Waals surface area (Å²) in [5, 5.41) is 3.45. The van der Waals surface area contributed by atoms with Crippen molar-refractivity contribution in [2.75, 3.05) is 13.1 Å². The van der Waals surface area contributed by atoms with Crippen LogP contribution in [0.1, 0.15) is 30.4 Å². The molecule has 0 saturated carbocycles. The predicted octanol–water partition coefficient (Wildman–Crippen LogP) is 2.10. The normalized spacial score (nSPS) is 27.2. The number of amides is 1. The fourth-order valence-electron chi connectivity index (χ4n) is 3.35. The molecular formula is C16H22N2O. The first kappa shape index (κ1) is 12.7. The Morgan fingerprint density at radius 2 is 2.05 bits per heavy atom. The minimum atomic E-state index is 0.337. The van der Waals surface area contributed by atoms with Gasteiger partial charge in [0.25, 0.3) is 0 Å². The minimum absolute atomic E-state index is 0.337. The molecule has 102 valence electrons. The standard InChI is InChI=1S/C16H22N2O/c1-12-2-4-13(5-3-12)11-18-15-8-9-17-10-14(15)6-7-16(18)19/h2-5,14-15,17H,6-11H2,1H3. The SMILES string of the molecule is Cc1ccc(CN2C(=O)CCC3CNCCC32)cc1. The molecule has 0 aromatic heterocycles. The van der Waals surface area contributed by atoms with Crippen LogP contribution in [0.4, 0.5) is 0 Å². The Kier molecular flexibility index (Phi) is 3.56. The molecule has 2 heterocycles. The highest BCUT2D eigenvalue weighted by Crippen LogP contribution is 2.29. The molecule has 0 bridgehead atoms. The molecule has 19 heavy (non-hydrogen) atoms. The molecule has 0 spiro atoms. The van der Waals surface area contributed by atoms with Crippen molar-refractivity contribution in [3.05, 3.63) is 35.4 Å². The average Bonchev–Trinajstić information content (AvgIpc) is 2.44. The van der Waals surface area contributed by atoms with Crippen LogP contribution in [-0.2, 0) is 11.3 Å². The molecule has 2 aliphatic rings. The molecule has 2 fully saturated rings. The topological polar surface area (TPSA) is 32.3 Å². The van der Waals surface area contributed by atoms with Crippen molar-refractivity contribution >= 4 is 5.91 Å². The first-order valence-electron chi connectivity index (χ1n) is 7.30. The predicted molar refractivity (Wildman–Crippen MR) is 75.7 cm³/mol. The van der Waals surface area contributed by atoms with Gasteiger partial charge in [-0.3, -0.25) is 4.79 Å². The highest BCUT2D eigenvalue weighted by molar-refractivity contribution is 5.77. The molecule has 2 saturated heterocycles. The fourth-order valence-corrected chi connectivity index (χ4v) is 3.35. The van der Waals surface area contributed by atoms with E-state index in [0.29, 0.717) is 24.3 Å². The molecule has 3 heteroatoms. The molecular weight excluding hydrogens is 236 g/mol. The molecule has 2 atom stereocenters. The van der Waals surface area contributed by atoms with E-state index in [1.807, 2.05) is 0 Å². The van der Waals surface area contributed by atoms with Crippen LogP contribution in [0.3, 0.4) is 0 Å². The van der Waals surface area contributed by atoms with Gasteiger partial charge in [-0.05, 0) is 44.3 Å². The van der Waals surface area contributed by atoms with Crippen LogP contribution in [-0.4, -0.2) is 29.9 Å². The highest BCUT2D eigenvalue weighted by atomic mass is 16.2. The zero-order chi connectivity index (χ0) is 13.2. The maximum absolute atomic E-state index is 12.2. The lowest BCUT2D eigenvalue weighted by Gasteiger charge is -2.44. The number of fused-ring (bicyclic) bond motifs is 1. The van der Waals surface area contributed by atoms with Gasteiger partial charge in [0.15, 0.2) is 0 Å². The van der Waals surface area contributed by atoms with E-state index in [1.165, 1.54) is 11.1 Å². The first-order valence-corrected chi connectivity index (χ1v) is 7.30. The molecule has 1 aromatic carbocycles. The number of rotatable bonds is 2. The van der Waals surface area contributed by atoms with Crippen molar-refractivity contribution in [2.45, 2.75) is 38.8 Å². The van der Waals surface area contributed by atoms with Crippen LogP contribution in [0.15, 0.2) is 24.3 Å². The lowest BCUT2D eigenvalue weighted by Crippen LogP contribution is -2.54. The van der Waals surface area contributed by atoms with Crippen molar-refractivity contribution in [3.8, 4) is 0 Å². The maximum Gasteiger partial charge on any atom is 0.223 e. The molecule has 1 aromatic rings. The summed E-state index contributed by atoms with van der Waals surface area (Å²) in [6, 6.07) is 9.00. The van der Waals surface area contributed by atoms with Gasteiger partial charge in [-0.2, -0.15) is 0 Å². The van der Waals surface area contributed by atoms with E-state index >= 15 is 0 Å². The molecule has 3 nitrogen and oxygen atoms in total. The van der Waals surface area contributed by atoms with Gasteiger partial charge in [0.05, 0.1) is 0 Å². The fraction of sp³-hybridized carbons (Fsp3) is 0.562. The van der Waals surface area contributed by atoms with Gasteiger partial charge in [0.1, 0.15) is 0 Å². The lowest BCUT2D eigenvalue weighted by molar-refractivity contribution is -0.140. The zero-order valence-electron chi connectivity index (χ0n) is 11.6. The van der Waals surface area contributed by atoms with Crippen molar-refractivity contribution in [2.24, 2.45) is 5.92 Å². The number of hydrogen-bond donors (Lipinski definition) is 1. The summed E-state index contributed by atoms with van der Waals surface area (Å²) in [6.45, 7) is 4.99. The van der Waals surface area contributed by atoms with E-state index in [4.69, 9.17) is 0 Å². The van der Waals surface area contributed by atoms with E-state index in [1.54, 1.807) is 0 Å². The van der Waals surface area contributed by atoms with E-state index in [2.05, 4.69) is 41.4 Å². The van der Waals surface area contributed by atoms with Gasteiger partial charge in [0, 0.05) is 19.0 Å². The number of hydrogen-bond acceptors (Lipinski definition) is 2. The second-order valence-corrected chi connectivity index (χ2v) is 5.87. The van der Waals surface area contributed by atoms with Crippen molar-refractivity contribution in [1.29, 1.82) is 0 Å². The molecule has 1 N–H and O–H groups in total. The number of benzene rings is 1. The summed E-state index contributed by atoms with van der Waals surface area (Å²) < 4.78 is 0. The third-order valence-electron chi connectivity index (χ3n) is 4.49. The van der Waals surface area contributed by atoms with Crippen LogP contribution in [0.5, 0.6) is 0 Å². The molecule has 2 aliphatic heterocycles. The third-order valence-corrected chi connectivity index (χ3v) is 4.49. The summed E-state index contributed by atoms with van der Waals surface area (Å²) in [4.78, 5) is 14.4. The van der Waals surface area contributed by atoms with Gasteiger partial charge in [0.2, 0.25) is 5.91 Å². The number of nitrogens with zero attached hydrogens (tertiary/aromatic N) is 1. The summed E-state index contributed by atoms with van der Waals surface area (Å²) >= 11 is 0. The number of likely N-dealkylation sites (tertiary alicyclic amines) is 1. The monoisotopic (exact) mass is 258 g/mol. The number of carbonyl (C=O) groups is 1. The Balaban J connectivity index is 1.76. The van der Waals surface area contributed by atoms with Gasteiger partial charge < -0.3 is 10.2 Å².